The van der Waals surface area contributed by atoms with Crippen molar-refractivity contribution in [3.8, 4) is 11.5 Å². The Balaban J connectivity index is 1.99. The van der Waals surface area contributed by atoms with Crippen LogP contribution in [0, 0.1) is 0 Å². The van der Waals surface area contributed by atoms with Crippen LogP contribution in [-0.4, -0.2) is 19.6 Å². The van der Waals surface area contributed by atoms with Gasteiger partial charge in [0, 0.05) is 6.54 Å². The summed E-state index contributed by atoms with van der Waals surface area (Å²) in [6, 6.07) is 9.37. The van der Waals surface area contributed by atoms with E-state index in [1.165, 1.54) is 11.3 Å². The molecule has 0 saturated heterocycles. The summed E-state index contributed by atoms with van der Waals surface area (Å²) in [5.41, 5.74) is 0.973. The first-order valence-corrected chi connectivity index (χ1v) is 7.74. The molecular weight excluding hydrogens is 286 g/mol. The van der Waals surface area contributed by atoms with Crippen LogP contribution in [0.2, 0.25) is 0 Å². The fourth-order valence-electron chi connectivity index (χ4n) is 1.83. The normalized spacial score (nSPS) is 10.2. The van der Waals surface area contributed by atoms with Gasteiger partial charge in [0.15, 0.2) is 11.5 Å². The maximum Gasteiger partial charge on any atom is 0.261 e. The summed E-state index contributed by atoms with van der Waals surface area (Å²) in [7, 11) is 1.61. The molecule has 0 fully saturated rings. The maximum absolute atomic E-state index is 11.9. The first-order chi connectivity index (χ1) is 10.2. The van der Waals surface area contributed by atoms with Crippen molar-refractivity contribution in [1.29, 1.82) is 0 Å². The number of carbonyl (C=O) groups excluding carboxylic acids is 1. The second kappa shape index (κ2) is 7.69. The van der Waals surface area contributed by atoms with Gasteiger partial charge in [0.05, 0.1) is 18.6 Å². The molecule has 0 bridgehead atoms. The molecule has 5 heteroatoms. The van der Waals surface area contributed by atoms with Crippen molar-refractivity contribution in [3.63, 3.8) is 0 Å². The van der Waals surface area contributed by atoms with Crippen molar-refractivity contribution in [3.05, 3.63) is 46.2 Å². The molecule has 2 rings (SSSR count). The topological polar surface area (TPSA) is 47.6 Å². The Labute approximate surface area is 128 Å². The molecule has 2 aromatic rings. The predicted molar refractivity (Wildman–Crippen MR) is 84.3 cm³/mol. The summed E-state index contributed by atoms with van der Waals surface area (Å²) < 4.78 is 10.9. The van der Waals surface area contributed by atoms with E-state index in [1.54, 1.807) is 7.11 Å². The van der Waals surface area contributed by atoms with Crippen molar-refractivity contribution in [2.45, 2.75) is 19.9 Å². The third-order valence-electron chi connectivity index (χ3n) is 2.89. The number of carbonyl (C=O) groups is 1. The lowest BCUT2D eigenvalue weighted by atomic mass is 10.2. The number of nitrogens with one attached hydrogen (secondary N) is 1. The van der Waals surface area contributed by atoms with E-state index in [-0.39, 0.29) is 5.91 Å². The van der Waals surface area contributed by atoms with Crippen molar-refractivity contribution < 1.29 is 14.3 Å². The zero-order chi connectivity index (χ0) is 15.1. The van der Waals surface area contributed by atoms with Gasteiger partial charge in [0.25, 0.3) is 5.91 Å². The van der Waals surface area contributed by atoms with Gasteiger partial charge in [0.1, 0.15) is 0 Å². The molecule has 1 aromatic carbocycles. The van der Waals surface area contributed by atoms with Crippen molar-refractivity contribution in [1.82, 2.24) is 5.32 Å². The molecule has 0 aliphatic heterocycles. The van der Waals surface area contributed by atoms with Gasteiger partial charge in [-0.05, 0) is 35.6 Å². The minimum absolute atomic E-state index is 0.0599. The van der Waals surface area contributed by atoms with E-state index < -0.39 is 0 Å². The summed E-state index contributed by atoms with van der Waals surface area (Å²) in [5, 5.41) is 4.78. The summed E-state index contributed by atoms with van der Waals surface area (Å²) in [4.78, 5) is 12.6. The molecule has 0 saturated carbocycles. The van der Waals surface area contributed by atoms with E-state index >= 15 is 0 Å². The molecule has 0 spiro atoms. The quantitative estimate of drug-likeness (QED) is 0.852. The molecule has 1 amide bonds. The van der Waals surface area contributed by atoms with Gasteiger partial charge >= 0.3 is 0 Å². The minimum Gasteiger partial charge on any atom is -0.493 e. The molecule has 0 radical (unpaired) electrons. The maximum atomic E-state index is 11.9. The van der Waals surface area contributed by atoms with Crippen molar-refractivity contribution in [2.24, 2.45) is 0 Å². The number of rotatable bonds is 7. The lowest BCUT2D eigenvalue weighted by Gasteiger charge is -2.12. The lowest BCUT2D eigenvalue weighted by molar-refractivity contribution is 0.0955. The molecule has 0 atom stereocenters. The molecule has 0 aliphatic rings. The molecule has 4 nitrogen and oxygen atoms in total. The Morgan fingerprint density at radius 3 is 2.81 bits per heavy atom. The second-order valence-corrected chi connectivity index (χ2v) is 5.44. The van der Waals surface area contributed by atoms with Crippen LogP contribution in [0.5, 0.6) is 11.5 Å². The molecule has 0 unspecified atom stereocenters. The molecule has 112 valence electrons. The van der Waals surface area contributed by atoms with Crippen LogP contribution in [0.15, 0.2) is 35.7 Å². The van der Waals surface area contributed by atoms with E-state index in [1.807, 2.05) is 35.7 Å². The number of thiophene rings is 1. The molecule has 0 aliphatic carbocycles. The largest absolute Gasteiger partial charge is 0.493 e. The van der Waals surface area contributed by atoms with Crippen LogP contribution in [0.4, 0.5) is 0 Å². The number of methoxy groups -OCH3 is 1. The highest BCUT2D eigenvalue weighted by molar-refractivity contribution is 7.12. The van der Waals surface area contributed by atoms with Crippen molar-refractivity contribution in [2.75, 3.05) is 13.7 Å². The highest BCUT2D eigenvalue weighted by Gasteiger charge is 2.08. The zero-order valence-corrected chi connectivity index (χ0v) is 13.0. The standard InChI is InChI=1S/C16H19NO3S/c1-3-8-20-13-7-6-12(10-14(13)19-2)11-17-16(18)15-5-4-9-21-15/h4-7,9-10H,3,8,11H2,1-2H3,(H,17,18). The van der Waals surface area contributed by atoms with Crippen LogP contribution in [0.25, 0.3) is 0 Å². The highest BCUT2D eigenvalue weighted by atomic mass is 32.1. The monoisotopic (exact) mass is 305 g/mol. The van der Waals surface area contributed by atoms with E-state index in [2.05, 4.69) is 12.2 Å². The van der Waals surface area contributed by atoms with Crippen LogP contribution in [0.1, 0.15) is 28.6 Å². The summed E-state index contributed by atoms with van der Waals surface area (Å²) in [5.74, 6) is 1.36. The van der Waals surface area contributed by atoms with Gasteiger partial charge in [-0.2, -0.15) is 0 Å². The van der Waals surface area contributed by atoms with Gasteiger partial charge in [-0.1, -0.05) is 19.1 Å². The molecule has 1 heterocycles. The molecular formula is C16H19NO3S. The van der Waals surface area contributed by atoms with Crippen molar-refractivity contribution >= 4 is 17.2 Å². The Bertz CT molecular complexity index is 581. The van der Waals surface area contributed by atoms with Crippen LogP contribution in [-0.2, 0) is 6.54 Å². The third-order valence-corrected chi connectivity index (χ3v) is 3.76. The zero-order valence-electron chi connectivity index (χ0n) is 12.2. The predicted octanol–water partition coefficient (Wildman–Crippen LogP) is 3.48. The number of hydrogen-bond donors (Lipinski definition) is 1. The smallest absolute Gasteiger partial charge is 0.261 e. The van der Waals surface area contributed by atoms with Gasteiger partial charge in [-0.3, -0.25) is 4.79 Å². The third kappa shape index (κ3) is 4.23. The van der Waals surface area contributed by atoms with E-state index in [0.29, 0.717) is 23.8 Å². The van der Waals surface area contributed by atoms with Crippen LogP contribution >= 0.6 is 11.3 Å². The summed E-state index contributed by atoms with van der Waals surface area (Å²) in [6.45, 7) is 3.17. The van der Waals surface area contributed by atoms with E-state index in [0.717, 1.165) is 17.7 Å². The minimum atomic E-state index is -0.0599. The van der Waals surface area contributed by atoms with E-state index in [9.17, 15) is 4.79 Å². The second-order valence-electron chi connectivity index (χ2n) is 4.49. The highest BCUT2D eigenvalue weighted by Crippen LogP contribution is 2.28. The molecule has 1 N–H and O–H groups in total. The Hall–Kier alpha value is -2.01. The van der Waals surface area contributed by atoms with Crippen LogP contribution < -0.4 is 14.8 Å². The fourth-order valence-corrected chi connectivity index (χ4v) is 2.47. The first-order valence-electron chi connectivity index (χ1n) is 6.86. The SMILES string of the molecule is CCCOc1ccc(CNC(=O)c2cccs2)cc1OC. The van der Waals surface area contributed by atoms with Crippen LogP contribution in [0.3, 0.4) is 0 Å². The lowest BCUT2D eigenvalue weighted by Crippen LogP contribution is -2.21. The Morgan fingerprint density at radius 2 is 2.14 bits per heavy atom. The van der Waals surface area contributed by atoms with E-state index in [4.69, 9.17) is 9.47 Å². The Kier molecular flexibility index (Phi) is 5.63. The number of hydrogen-bond acceptors (Lipinski definition) is 4. The summed E-state index contributed by atoms with van der Waals surface area (Å²) in [6.07, 6.45) is 0.946. The summed E-state index contributed by atoms with van der Waals surface area (Å²) >= 11 is 1.43. The Morgan fingerprint density at radius 1 is 1.29 bits per heavy atom. The molecule has 1 aromatic heterocycles. The van der Waals surface area contributed by atoms with Gasteiger partial charge in [0.2, 0.25) is 0 Å². The molecule has 21 heavy (non-hydrogen) atoms. The number of ether oxygens (including phenoxy) is 2. The van der Waals surface area contributed by atoms with Gasteiger partial charge in [-0.25, -0.2) is 0 Å². The van der Waals surface area contributed by atoms with Gasteiger partial charge in [-0.15, -0.1) is 11.3 Å². The fraction of sp³-hybridized carbons (Fsp3) is 0.312. The number of benzene rings is 1. The average molecular weight is 305 g/mol. The first kappa shape index (κ1) is 15.4. The van der Waals surface area contributed by atoms with Gasteiger partial charge < -0.3 is 14.8 Å². The number of amides is 1. The average Bonchev–Trinajstić information content (AvgIpc) is 3.05.